The lowest BCUT2D eigenvalue weighted by Gasteiger charge is -2.24. The number of piperidine rings is 1. The number of halogens is 3. The Hall–Kier alpha value is -1.20. The molecule has 1 aromatic carbocycles. The van der Waals surface area contributed by atoms with Crippen LogP contribution in [0.3, 0.4) is 0 Å². The van der Waals surface area contributed by atoms with Gasteiger partial charge in [-0.15, -0.1) is 12.4 Å². The Labute approximate surface area is 123 Å². The van der Waals surface area contributed by atoms with Crippen molar-refractivity contribution in [1.29, 1.82) is 0 Å². The first-order valence-corrected chi connectivity index (χ1v) is 6.54. The van der Waals surface area contributed by atoms with Crippen LogP contribution in [-0.2, 0) is 4.79 Å². The van der Waals surface area contributed by atoms with Gasteiger partial charge in [-0.2, -0.15) is 0 Å². The van der Waals surface area contributed by atoms with Crippen molar-refractivity contribution in [3.8, 4) is 0 Å². The Morgan fingerprint density at radius 1 is 1.40 bits per heavy atom. The molecule has 1 saturated heterocycles. The van der Waals surface area contributed by atoms with Crippen molar-refractivity contribution in [1.82, 2.24) is 10.6 Å². The molecule has 1 fully saturated rings. The molecule has 112 valence electrons. The summed E-state index contributed by atoms with van der Waals surface area (Å²) in [7, 11) is 0. The van der Waals surface area contributed by atoms with Gasteiger partial charge in [0.25, 0.3) is 0 Å². The highest BCUT2D eigenvalue weighted by molar-refractivity contribution is 5.85. The molecule has 1 amide bonds. The summed E-state index contributed by atoms with van der Waals surface area (Å²) >= 11 is 0. The largest absolute Gasteiger partial charge is 0.349 e. The summed E-state index contributed by atoms with van der Waals surface area (Å²) in [5.41, 5.74) is 0.566. The third-order valence-electron chi connectivity index (χ3n) is 3.47. The van der Waals surface area contributed by atoms with E-state index in [2.05, 4.69) is 10.6 Å². The summed E-state index contributed by atoms with van der Waals surface area (Å²) in [6, 6.07) is 3.36. The molecule has 2 N–H and O–H groups in total. The summed E-state index contributed by atoms with van der Waals surface area (Å²) in [4.78, 5) is 12.0. The van der Waals surface area contributed by atoms with Gasteiger partial charge in [0.05, 0.1) is 12.0 Å². The molecule has 0 saturated carbocycles. The molecule has 20 heavy (non-hydrogen) atoms. The monoisotopic (exact) mass is 304 g/mol. The second-order valence-electron chi connectivity index (χ2n) is 4.95. The predicted octanol–water partition coefficient (Wildman–Crippen LogP) is 2.56. The van der Waals surface area contributed by atoms with Crippen LogP contribution in [0.25, 0.3) is 0 Å². The lowest BCUT2D eigenvalue weighted by molar-refractivity contribution is -0.126. The van der Waals surface area contributed by atoms with E-state index in [1.807, 2.05) is 0 Å². The summed E-state index contributed by atoms with van der Waals surface area (Å²) in [6.45, 7) is 3.39. The van der Waals surface area contributed by atoms with E-state index in [0.29, 0.717) is 12.1 Å². The van der Waals surface area contributed by atoms with E-state index in [9.17, 15) is 13.6 Å². The predicted molar refractivity (Wildman–Crippen MR) is 75.8 cm³/mol. The zero-order valence-electron chi connectivity index (χ0n) is 11.3. The molecule has 1 unspecified atom stereocenters. The van der Waals surface area contributed by atoms with E-state index < -0.39 is 11.6 Å². The molecule has 3 nitrogen and oxygen atoms in total. The van der Waals surface area contributed by atoms with Crippen LogP contribution in [0.1, 0.15) is 31.4 Å². The number of carbonyl (C=O) groups is 1. The molecule has 1 heterocycles. The number of hydrogen-bond acceptors (Lipinski definition) is 2. The van der Waals surface area contributed by atoms with Gasteiger partial charge in [-0.05, 0) is 44.0 Å². The van der Waals surface area contributed by atoms with E-state index in [1.165, 1.54) is 6.07 Å². The highest BCUT2D eigenvalue weighted by Gasteiger charge is 2.22. The summed E-state index contributed by atoms with van der Waals surface area (Å²) in [6.07, 6.45) is 1.85. The maximum Gasteiger partial charge on any atom is 0.224 e. The zero-order valence-corrected chi connectivity index (χ0v) is 12.1. The Kier molecular flexibility index (Phi) is 6.36. The minimum Gasteiger partial charge on any atom is -0.349 e. The quantitative estimate of drug-likeness (QED) is 0.901. The van der Waals surface area contributed by atoms with E-state index in [1.54, 1.807) is 6.92 Å². The van der Waals surface area contributed by atoms with Crippen LogP contribution >= 0.6 is 12.4 Å². The number of benzene rings is 1. The number of hydrogen-bond donors (Lipinski definition) is 2. The summed E-state index contributed by atoms with van der Waals surface area (Å²) < 4.78 is 26.0. The molecule has 1 aromatic rings. The van der Waals surface area contributed by atoms with Gasteiger partial charge in [0, 0.05) is 6.54 Å². The molecule has 0 radical (unpaired) electrons. The lowest BCUT2D eigenvalue weighted by atomic mass is 9.98. The van der Waals surface area contributed by atoms with E-state index in [0.717, 1.165) is 31.5 Å². The van der Waals surface area contributed by atoms with E-state index >= 15 is 0 Å². The molecule has 2 atom stereocenters. The SMILES string of the molecule is CC(NC(=O)[C@@H]1CCCNC1)c1ccc(F)c(F)c1.Cl. The zero-order chi connectivity index (χ0) is 13.8. The molecule has 1 aliphatic rings. The van der Waals surface area contributed by atoms with Gasteiger partial charge in [-0.25, -0.2) is 8.78 Å². The van der Waals surface area contributed by atoms with Crippen LogP contribution < -0.4 is 10.6 Å². The molecule has 0 spiro atoms. The van der Waals surface area contributed by atoms with Crippen LogP contribution in [0.2, 0.25) is 0 Å². The average Bonchev–Trinajstić information content (AvgIpc) is 2.42. The van der Waals surface area contributed by atoms with Gasteiger partial charge in [0.1, 0.15) is 0 Å². The molecule has 6 heteroatoms. The number of carbonyl (C=O) groups excluding carboxylic acids is 1. The fourth-order valence-corrected chi connectivity index (χ4v) is 2.27. The highest BCUT2D eigenvalue weighted by Crippen LogP contribution is 2.17. The first-order chi connectivity index (χ1) is 9.08. The number of amides is 1. The molecule has 0 bridgehead atoms. The van der Waals surface area contributed by atoms with Crippen molar-refractivity contribution in [2.45, 2.75) is 25.8 Å². The fraction of sp³-hybridized carbons (Fsp3) is 0.500. The van der Waals surface area contributed by atoms with E-state index in [-0.39, 0.29) is 30.3 Å². The molecular formula is C14H19ClF2N2O. The van der Waals surface area contributed by atoms with Crippen LogP contribution in [0, 0.1) is 17.6 Å². The van der Waals surface area contributed by atoms with Gasteiger partial charge >= 0.3 is 0 Å². The van der Waals surface area contributed by atoms with Crippen LogP contribution in [-0.4, -0.2) is 19.0 Å². The normalized spacial score (nSPS) is 19.9. The van der Waals surface area contributed by atoms with Gasteiger partial charge < -0.3 is 10.6 Å². The van der Waals surface area contributed by atoms with Gasteiger partial charge in [0.15, 0.2) is 11.6 Å². The summed E-state index contributed by atoms with van der Waals surface area (Å²) in [5.74, 6) is -1.84. The van der Waals surface area contributed by atoms with Crippen LogP contribution in [0.5, 0.6) is 0 Å². The lowest BCUT2D eigenvalue weighted by Crippen LogP contribution is -2.41. The van der Waals surface area contributed by atoms with Crippen molar-refractivity contribution < 1.29 is 13.6 Å². The summed E-state index contributed by atoms with van der Waals surface area (Å²) in [5, 5.41) is 6.02. The topological polar surface area (TPSA) is 41.1 Å². The van der Waals surface area contributed by atoms with Gasteiger partial charge in [-0.1, -0.05) is 6.07 Å². The van der Waals surface area contributed by atoms with Crippen LogP contribution in [0.15, 0.2) is 18.2 Å². The van der Waals surface area contributed by atoms with Crippen molar-refractivity contribution in [2.24, 2.45) is 5.92 Å². The third-order valence-corrected chi connectivity index (χ3v) is 3.47. The molecule has 0 aromatic heterocycles. The molecular weight excluding hydrogens is 286 g/mol. The van der Waals surface area contributed by atoms with E-state index in [4.69, 9.17) is 0 Å². The molecule has 0 aliphatic carbocycles. The number of rotatable bonds is 3. The Bertz CT molecular complexity index is 464. The standard InChI is InChI=1S/C14H18F2N2O.ClH/c1-9(10-4-5-12(15)13(16)7-10)18-14(19)11-3-2-6-17-8-11;/h4-5,7,9,11,17H,2-3,6,8H2,1H3,(H,18,19);1H/t9?,11-;/m1./s1. The second kappa shape index (κ2) is 7.55. The first kappa shape index (κ1) is 16.9. The highest BCUT2D eigenvalue weighted by atomic mass is 35.5. The van der Waals surface area contributed by atoms with Gasteiger partial charge in [0.2, 0.25) is 5.91 Å². The Morgan fingerprint density at radius 3 is 2.75 bits per heavy atom. The van der Waals surface area contributed by atoms with Crippen molar-refractivity contribution in [2.75, 3.05) is 13.1 Å². The Morgan fingerprint density at radius 2 is 2.15 bits per heavy atom. The average molecular weight is 305 g/mol. The Balaban J connectivity index is 0.00000200. The van der Waals surface area contributed by atoms with Crippen molar-refractivity contribution in [3.63, 3.8) is 0 Å². The van der Waals surface area contributed by atoms with Gasteiger partial charge in [-0.3, -0.25) is 4.79 Å². The maximum atomic E-state index is 13.1. The molecule has 2 rings (SSSR count). The van der Waals surface area contributed by atoms with Crippen molar-refractivity contribution in [3.05, 3.63) is 35.4 Å². The minimum atomic E-state index is -0.891. The smallest absolute Gasteiger partial charge is 0.224 e. The first-order valence-electron chi connectivity index (χ1n) is 6.54. The fourth-order valence-electron chi connectivity index (χ4n) is 2.27. The second-order valence-corrected chi connectivity index (χ2v) is 4.95. The third kappa shape index (κ3) is 4.15. The minimum absolute atomic E-state index is 0. The maximum absolute atomic E-state index is 13.1. The number of nitrogens with one attached hydrogen (secondary N) is 2. The van der Waals surface area contributed by atoms with Crippen LogP contribution in [0.4, 0.5) is 8.78 Å². The molecule has 1 aliphatic heterocycles. The van der Waals surface area contributed by atoms with Crippen molar-refractivity contribution >= 4 is 18.3 Å².